The molecule has 0 saturated carbocycles. The highest BCUT2D eigenvalue weighted by Gasteiger charge is 2.19. The van der Waals surface area contributed by atoms with Crippen LogP contribution >= 0.6 is 11.6 Å². The minimum atomic E-state index is -0.515. The van der Waals surface area contributed by atoms with Crippen molar-refractivity contribution in [1.29, 1.82) is 0 Å². The summed E-state index contributed by atoms with van der Waals surface area (Å²) in [5, 5.41) is 7.39. The van der Waals surface area contributed by atoms with Crippen molar-refractivity contribution in [1.82, 2.24) is 15.1 Å². The summed E-state index contributed by atoms with van der Waals surface area (Å²) >= 11 is 6.07. The molecule has 0 saturated heterocycles. The number of nitrogens with zero attached hydrogens (tertiary/aromatic N) is 2. The average molecular weight is 388 g/mol. The summed E-state index contributed by atoms with van der Waals surface area (Å²) in [6.07, 6.45) is 1.29. The Labute approximate surface area is 160 Å². The van der Waals surface area contributed by atoms with Gasteiger partial charge < -0.3 is 14.5 Å². The van der Waals surface area contributed by atoms with Crippen molar-refractivity contribution in [2.45, 2.75) is 20.0 Å². The molecule has 2 heterocycles. The molecular weight excluding hydrogens is 370 g/mol. The fraction of sp³-hybridized carbons (Fsp3) is 0.211. The van der Waals surface area contributed by atoms with Crippen LogP contribution in [0.25, 0.3) is 17.1 Å². The molecule has 0 fully saturated rings. The quantitative estimate of drug-likeness (QED) is 0.654. The monoisotopic (exact) mass is 387 g/mol. The van der Waals surface area contributed by atoms with Gasteiger partial charge in [-0.15, -0.1) is 0 Å². The van der Waals surface area contributed by atoms with Gasteiger partial charge in [0, 0.05) is 11.1 Å². The molecular formula is C19H18ClN3O4. The minimum absolute atomic E-state index is 0.138. The number of halogens is 1. The SMILES string of the molecule is CC(C)OC(=O)CNC(=O)c1cc(-c2ccco2)n(-c2cccc(Cl)c2)n1. The fourth-order valence-electron chi connectivity index (χ4n) is 2.44. The molecule has 0 radical (unpaired) electrons. The van der Waals surface area contributed by atoms with Gasteiger partial charge in [-0.3, -0.25) is 9.59 Å². The van der Waals surface area contributed by atoms with Crippen LogP contribution in [0, 0.1) is 0 Å². The molecule has 1 aromatic carbocycles. The molecule has 0 aliphatic carbocycles. The van der Waals surface area contributed by atoms with Gasteiger partial charge in [-0.1, -0.05) is 17.7 Å². The third kappa shape index (κ3) is 4.57. The van der Waals surface area contributed by atoms with Gasteiger partial charge in [0.25, 0.3) is 5.91 Å². The van der Waals surface area contributed by atoms with E-state index in [1.807, 2.05) is 6.07 Å². The third-order valence-corrected chi connectivity index (χ3v) is 3.76. The summed E-state index contributed by atoms with van der Waals surface area (Å²) in [5.74, 6) is -0.469. The summed E-state index contributed by atoms with van der Waals surface area (Å²) < 4.78 is 12.0. The largest absolute Gasteiger partial charge is 0.463 e. The van der Waals surface area contributed by atoms with Gasteiger partial charge in [0.15, 0.2) is 11.5 Å². The lowest BCUT2D eigenvalue weighted by molar-refractivity contribution is -0.146. The Morgan fingerprint density at radius 3 is 2.74 bits per heavy atom. The van der Waals surface area contributed by atoms with E-state index in [4.69, 9.17) is 20.8 Å². The van der Waals surface area contributed by atoms with Gasteiger partial charge in [0.2, 0.25) is 0 Å². The molecule has 27 heavy (non-hydrogen) atoms. The second kappa shape index (κ2) is 8.09. The van der Waals surface area contributed by atoms with Crippen LogP contribution in [0.5, 0.6) is 0 Å². The number of furan rings is 1. The molecule has 0 spiro atoms. The second-order valence-corrected chi connectivity index (χ2v) is 6.44. The lowest BCUT2D eigenvalue weighted by Gasteiger charge is -2.08. The van der Waals surface area contributed by atoms with E-state index in [1.165, 1.54) is 6.26 Å². The van der Waals surface area contributed by atoms with Gasteiger partial charge in [0.05, 0.1) is 18.1 Å². The van der Waals surface area contributed by atoms with E-state index in [9.17, 15) is 9.59 Å². The zero-order valence-electron chi connectivity index (χ0n) is 14.8. The first kappa shape index (κ1) is 18.7. The van der Waals surface area contributed by atoms with Crippen LogP contribution in [0.4, 0.5) is 0 Å². The van der Waals surface area contributed by atoms with Crippen molar-refractivity contribution in [3.63, 3.8) is 0 Å². The van der Waals surface area contributed by atoms with Crippen LogP contribution in [-0.4, -0.2) is 34.3 Å². The number of esters is 1. The van der Waals surface area contributed by atoms with Gasteiger partial charge in [-0.2, -0.15) is 5.10 Å². The maximum Gasteiger partial charge on any atom is 0.325 e. The number of aromatic nitrogens is 2. The highest BCUT2D eigenvalue weighted by Crippen LogP contribution is 2.25. The molecule has 0 aliphatic rings. The van der Waals surface area contributed by atoms with E-state index in [2.05, 4.69) is 10.4 Å². The van der Waals surface area contributed by atoms with Crippen molar-refractivity contribution in [2.75, 3.05) is 6.54 Å². The van der Waals surface area contributed by atoms with Crippen molar-refractivity contribution in [3.05, 3.63) is 59.4 Å². The molecule has 3 rings (SSSR count). The van der Waals surface area contributed by atoms with E-state index in [1.54, 1.807) is 54.9 Å². The highest BCUT2D eigenvalue weighted by molar-refractivity contribution is 6.30. The Morgan fingerprint density at radius 1 is 1.26 bits per heavy atom. The maximum absolute atomic E-state index is 12.4. The van der Waals surface area contributed by atoms with Crippen molar-refractivity contribution >= 4 is 23.5 Å². The number of ether oxygens (including phenoxy) is 1. The molecule has 0 unspecified atom stereocenters. The van der Waals surface area contributed by atoms with Crippen molar-refractivity contribution in [2.24, 2.45) is 0 Å². The van der Waals surface area contributed by atoms with E-state index < -0.39 is 11.9 Å². The molecule has 1 N–H and O–H groups in total. The highest BCUT2D eigenvalue weighted by atomic mass is 35.5. The number of carbonyl (C=O) groups is 2. The van der Waals surface area contributed by atoms with Gasteiger partial charge in [-0.25, -0.2) is 4.68 Å². The van der Waals surface area contributed by atoms with Crippen LogP contribution in [0.2, 0.25) is 5.02 Å². The Bertz CT molecular complexity index is 948. The smallest absolute Gasteiger partial charge is 0.325 e. The molecule has 140 valence electrons. The molecule has 3 aromatic rings. The van der Waals surface area contributed by atoms with Crippen LogP contribution < -0.4 is 5.32 Å². The normalized spacial score (nSPS) is 10.8. The van der Waals surface area contributed by atoms with E-state index in [0.717, 1.165) is 0 Å². The zero-order valence-corrected chi connectivity index (χ0v) is 15.6. The van der Waals surface area contributed by atoms with E-state index in [-0.39, 0.29) is 18.3 Å². The molecule has 0 aliphatic heterocycles. The first-order chi connectivity index (χ1) is 12.9. The lowest BCUT2D eigenvalue weighted by Crippen LogP contribution is -2.32. The summed E-state index contributed by atoms with van der Waals surface area (Å²) in [7, 11) is 0. The lowest BCUT2D eigenvalue weighted by atomic mass is 10.2. The zero-order chi connectivity index (χ0) is 19.4. The number of hydrogen-bond acceptors (Lipinski definition) is 5. The van der Waals surface area contributed by atoms with Gasteiger partial charge in [0.1, 0.15) is 12.2 Å². The van der Waals surface area contributed by atoms with Crippen molar-refractivity contribution in [3.8, 4) is 17.1 Å². The summed E-state index contributed by atoms with van der Waals surface area (Å²) in [5.41, 5.74) is 1.39. The number of carbonyl (C=O) groups excluding carboxylic acids is 2. The van der Waals surface area contributed by atoms with Crippen LogP contribution in [-0.2, 0) is 9.53 Å². The predicted molar refractivity (Wildman–Crippen MR) is 99.8 cm³/mol. The summed E-state index contributed by atoms with van der Waals surface area (Å²) in [6.45, 7) is 3.24. The number of rotatable bonds is 6. The first-order valence-corrected chi connectivity index (χ1v) is 8.69. The Kier molecular flexibility index (Phi) is 5.61. The Hall–Kier alpha value is -3.06. The predicted octanol–water partition coefficient (Wildman–Crippen LogP) is 3.47. The Balaban J connectivity index is 1.88. The number of hydrogen-bond donors (Lipinski definition) is 1. The number of benzene rings is 1. The molecule has 7 nitrogen and oxygen atoms in total. The van der Waals surface area contributed by atoms with Crippen LogP contribution in [0.15, 0.2) is 53.1 Å². The summed E-state index contributed by atoms with van der Waals surface area (Å²) in [6, 6.07) is 12.2. The maximum atomic E-state index is 12.4. The molecule has 0 atom stereocenters. The molecule has 1 amide bonds. The van der Waals surface area contributed by atoms with Gasteiger partial charge in [-0.05, 0) is 44.2 Å². The number of nitrogens with one attached hydrogen (secondary N) is 1. The standard InChI is InChI=1S/C19H18ClN3O4/c1-12(2)27-18(24)11-21-19(25)15-10-16(17-7-4-8-26-17)23(22-15)14-6-3-5-13(20)9-14/h3-10,12H,11H2,1-2H3,(H,21,25). The topological polar surface area (TPSA) is 86.4 Å². The summed E-state index contributed by atoms with van der Waals surface area (Å²) in [4.78, 5) is 24.0. The van der Waals surface area contributed by atoms with E-state index >= 15 is 0 Å². The van der Waals surface area contributed by atoms with Gasteiger partial charge >= 0.3 is 5.97 Å². The second-order valence-electron chi connectivity index (χ2n) is 6.01. The molecule has 8 heteroatoms. The third-order valence-electron chi connectivity index (χ3n) is 3.53. The fourth-order valence-corrected chi connectivity index (χ4v) is 2.63. The Morgan fingerprint density at radius 2 is 2.07 bits per heavy atom. The van der Waals surface area contributed by atoms with Crippen LogP contribution in [0.1, 0.15) is 24.3 Å². The van der Waals surface area contributed by atoms with Crippen LogP contribution in [0.3, 0.4) is 0 Å². The number of amides is 1. The average Bonchev–Trinajstić information content (AvgIpc) is 3.28. The molecule has 2 aromatic heterocycles. The van der Waals surface area contributed by atoms with Crippen molar-refractivity contribution < 1.29 is 18.7 Å². The first-order valence-electron chi connectivity index (χ1n) is 8.31. The van der Waals surface area contributed by atoms with E-state index in [0.29, 0.717) is 22.2 Å². The molecule has 0 bridgehead atoms. The minimum Gasteiger partial charge on any atom is -0.463 e.